The predicted molar refractivity (Wildman–Crippen MR) is 131 cm³/mol. The second kappa shape index (κ2) is 8.39. The number of hydrogen-bond acceptors (Lipinski definition) is 7. The molecular formula is C26H21N3O4S. The van der Waals surface area contributed by atoms with Gasteiger partial charge in [-0.25, -0.2) is 4.98 Å². The Bertz CT molecular complexity index is 1480. The van der Waals surface area contributed by atoms with Crippen LogP contribution in [0, 0.1) is 13.8 Å². The number of ether oxygens (including phenoxy) is 1. The van der Waals surface area contributed by atoms with Crippen LogP contribution in [0.3, 0.4) is 0 Å². The summed E-state index contributed by atoms with van der Waals surface area (Å²) in [7, 11) is 1.52. The van der Waals surface area contributed by atoms with Crippen LogP contribution in [0.15, 0.2) is 66.5 Å². The van der Waals surface area contributed by atoms with Crippen molar-refractivity contribution in [1.82, 2.24) is 9.97 Å². The number of anilines is 1. The van der Waals surface area contributed by atoms with Gasteiger partial charge in [0.05, 0.1) is 28.9 Å². The van der Waals surface area contributed by atoms with Crippen molar-refractivity contribution in [1.29, 1.82) is 0 Å². The summed E-state index contributed by atoms with van der Waals surface area (Å²) in [6.07, 6.45) is 3.20. The number of thiazole rings is 1. The number of rotatable bonds is 4. The highest BCUT2D eigenvalue weighted by Crippen LogP contribution is 2.44. The van der Waals surface area contributed by atoms with Crippen LogP contribution in [0.25, 0.3) is 16.0 Å². The number of methoxy groups -OCH3 is 1. The van der Waals surface area contributed by atoms with E-state index in [0.717, 1.165) is 21.3 Å². The summed E-state index contributed by atoms with van der Waals surface area (Å²) in [5.74, 6) is -1.27. The third-order valence-corrected chi connectivity index (χ3v) is 6.81. The average molecular weight is 472 g/mol. The third-order valence-electron chi connectivity index (χ3n) is 5.81. The van der Waals surface area contributed by atoms with Gasteiger partial charge in [-0.1, -0.05) is 35.6 Å². The molecule has 1 fully saturated rings. The second-order valence-electron chi connectivity index (χ2n) is 8.11. The van der Waals surface area contributed by atoms with Gasteiger partial charge in [-0.2, -0.15) is 0 Å². The van der Waals surface area contributed by atoms with E-state index in [1.807, 2.05) is 26.0 Å². The van der Waals surface area contributed by atoms with Crippen LogP contribution in [0.2, 0.25) is 0 Å². The van der Waals surface area contributed by atoms with E-state index in [2.05, 4.69) is 4.98 Å². The molecule has 34 heavy (non-hydrogen) atoms. The zero-order valence-electron chi connectivity index (χ0n) is 18.8. The summed E-state index contributed by atoms with van der Waals surface area (Å²) in [4.78, 5) is 36.9. The summed E-state index contributed by atoms with van der Waals surface area (Å²) in [5, 5.41) is 11.6. The number of aromatic nitrogens is 2. The number of pyridine rings is 1. The number of fused-ring (bicyclic) bond motifs is 1. The highest BCUT2D eigenvalue weighted by Gasteiger charge is 2.48. The summed E-state index contributed by atoms with van der Waals surface area (Å²) in [5.41, 5.74) is 3.82. The smallest absolute Gasteiger partial charge is 0.301 e. The van der Waals surface area contributed by atoms with Crippen molar-refractivity contribution in [2.75, 3.05) is 12.0 Å². The molecule has 0 aliphatic carbocycles. The summed E-state index contributed by atoms with van der Waals surface area (Å²) < 4.78 is 6.18. The molecule has 0 radical (unpaired) electrons. The quantitative estimate of drug-likeness (QED) is 0.257. The van der Waals surface area contributed by atoms with Crippen molar-refractivity contribution < 1.29 is 19.4 Å². The first kappa shape index (κ1) is 21.8. The number of benzene rings is 2. The van der Waals surface area contributed by atoms with E-state index in [1.54, 1.807) is 48.8 Å². The summed E-state index contributed by atoms with van der Waals surface area (Å²) in [6.45, 7) is 3.97. The molecule has 1 amide bonds. The van der Waals surface area contributed by atoms with Gasteiger partial charge in [0, 0.05) is 18.0 Å². The molecule has 1 N–H and O–H groups in total. The number of aryl methyl sites for hydroxylation is 2. The minimum absolute atomic E-state index is 0.0154. The molecule has 4 aromatic rings. The highest BCUT2D eigenvalue weighted by atomic mass is 32.1. The SMILES string of the molecule is COc1cccc(C(O)=C2C(=O)C(=O)N(c3nc4c(C)cc(C)cc4s3)C2c2cccnc2)c1. The fourth-order valence-electron chi connectivity index (χ4n) is 4.27. The van der Waals surface area contributed by atoms with Gasteiger partial charge < -0.3 is 9.84 Å². The Morgan fingerprint density at radius 3 is 2.68 bits per heavy atom. The van der Waals surface area contributed by atoms with Crippen LogP contribution in [-0.2, 0) is 9.59 Å². The summed E-state index contributed by atoms with van der Waals surface area (Å²) >= 11 is 1.34. The van der Waals surface area contributed by atoms with E-state index in [0.29, 0.717) is 22.0 Å². The number of amides is 1. The maximum Gasteiger partial charge on any atom is 0.301 e. The molecule has 0 spiro atoms. The van der Waals surface area contributed by atoms with E-state index in [1.165, 1.54) is 23.3 Å². The molecule has 170 valence electrons. The number of carbonyl (C=O) groups is 2. The lowest BCUT2D eigenvalue weighted by atomic mass is 9.96. The first-order valence-electron chi connectivity index (χ1n) is 10.6. The maximum atomic E-state index is 13.3. The Balaban J connectivity index is 1.73. The first-order valence-corrected chi connectivity index (χ1v) is 11.4. The van der Waals surface area contributed by atoms with E-state index in [4.69, 9.17) is 9.72 Å². The monoisotopic (exact) mass is 471 g/mol. The zero-order chi connectivity index (χ0) is 24.0. The number of aliphatic hydroxyl groups excluding tert-OH is 1. The lowest BCUT2D eigenvalue weighted by molar-refractivity contribution is -0.132. The Labute approximate surface area is 200 Å². The number of nitrogens with zero attached hydrogens (tertiary/aromatic N) is 3. The molecule has 1 aliphatic rings. The molecule has 2 aromatic carbocycles. The van der Waals surface area contributed by atoms with Crippen molar-refractivity contribution in [3.05, 3.63) is 88.8 Å². The van der Waals surface area contributed by atoms with Crippen LogP contribution >= 0.6 is 11.3 Å². The van der Waals surface area contributed by atoms with E-state index >= 15 is 0 Å². The highest BCUT2D eigenvalue weighted by molar-refractivity contribution is 7.22. The molecule has 7 nitrogen and oxygen atoms in total. The van der Waals surface area contributed by atoms with Crippen molar-refractivity contribution in [3.8, 4) is 5.75 Å². The van der Waals surface area contributed by atoms with Gasteiger partial charge in [0.25, 0.3) is 5.78 Å². The minimum Gasteiger partial charge on any atom is -0.507 e. The van der Waals surface area contributed by atoms with Crippen LogP contribution in [0.4, 0.5) is 5.13 Å². The fraction of sp³-hybridized carbons (Fsp3) is 0.154. The lowest BCUT2D eigenvalue weighted by Crippen LogP contribution is -2.29. The number of carbonyl (C=O) groups excluding carboxylic acids is 2. The van der Waals surface area contributed by atoms with E-state index < -0.39 is 17.7 Å². The Morgan fingerprint density at radius 1 is 1.12 bits per heavy atom. The van der Waals surface area contributed by atoms with Crippen LogP contribution < -0.4 is 9.64 Å². The van der Waals surface area contributed by atoms with Crippen LogP contribution in [0.5, 0.6) is 5.75 Å². The van der Waals surface area contributed by atoms with Crippen LogP contribution in [-0.4, -0.2) is 33.9 Å². The molecule has 3 heterocycles. The van der Waals surface area contributed by atoms with E-state index in [-0.39, 0.29) is 11.3 Å². The molecule has 2 aromatic heterocycles. The molecule has 0 saturated carbocycles. The standard InChI is InChI=1S/C26H21N3O4S/c1-14-10-15(2)21-19(11-14)34-26(28-21)29-22(17-7-5-9-27-13-17)20(24(31)25(29)32)23(30)16-6-4-8-18(12-16)33-3/h4-13,22,30H,1-3H3. The van der Waals surface area contributed by atoms with Gasteiger partial charge in [0.2, 0.25) is 0 Å². The normalized spacial score (nSPS) is 17.5. The number of ketones is 1. The number of Topliss-reactive ketones (excluding diaryl/α,β-unsaturated/α-hetero) is 1. The van der Waals surface area contributed by atoms with Crippen molar-refractivity contribution in [2.24, 2.45) is 0 Å². The summed E-state index contributed by atoms with van der Waals surface area (Å²) in [6, 6.07) is 13.4. The second-order valence-corrected chi connectivity index (χ2v) is 9.12. The van der Waals surface area contributed by atoms with Gasteiger partial charge in [-0.15, -0.1) is 0 Å². The molecule has 5 rings (SSSR count). The molecular weight excluding hydrogens is 450 g/mol. The van der Waals surface area contributed by atoms with Gasteiger partial charge in [0.1, 0.15) is 11.5 Å². The van der Waals surface area contributed by atoms with Gasteiger partial charge in [-0.3, -0.25) is 19.5 Å². The lowest BCUT2D eigenvalue weighted by Gasteiger charge is -2.22. The fourth-order valence-corrected chi connectivity index (χ4v) is 5.44. The molecule has 8 heteroatoms. The molecule has 1 unspecified atom stereocenters. The first-order chi connectivity index (χ1) is 16.4. The maximum absolute atomic E-state index is 13.3. The average Bonchev–Trinajstić information content (AvgIpc) is 3.38. The largest absolute Gasteiger partial charge is 0.507 e. The third kappa shape index (κ3) is 3.52. The molecule has 1 saturated heterocycles. The topological polar surface area (TPSA) is 92.6 Å². The molecule has 1 aliphatic heterocycles. The van der Waals surface area contributed by atoms with Crippen molar-refractivity contribution >= 4 is 44.1 Å². The van der Waals surface area contributed by atoms with Gasteiger partial charge in [-0.05, 0) is 54.8 Å². The number of aliphatic hydroxyl groups is 1. The molecule has 0 bridgehead atoms. The van der Waals surface area contributed by atoms with Gasteiger partial charge in [0.15, 0.2) is 5.13 Å². The Morgan fingerprint density at radius 2 is 1.94 bits per heavy atom. The van der Waals surface area contributed by atoms with Crippen LogP contribution in [0.1, 0.15) is 28.3 Å². The van der Waals surface area contributed by atoms with Crippen molar-refractivity contribution in [2.45, 2.75) is 19.9 Å². The predicted octanol–water partition coefficient (Wildman–Crippen LogP) is 4.94. The van der Waals surface area contributed by atoms with Crippen molar-refractivity contribution in [3.63, 3.8) is 0 Å². The molecule has 1 atom stereocenters. The minimum atomic E-state index is -0.873. The zero-order valence-corrected chi connectivity index (χ0v) is 19.6. The Hall–Kier alpha value is -4.04. The number of hydrogen-bond donors (Lipinski definition) is 1. The van der Waals surface area contributed by atoms with Gasteiger partial charge >= 0.3 is 5.91 Å². The van der Waals surface area contributed by atoms with E-state index in [9.17, 15) is 14.7 Å². The Kier molecular flexibility index (Phi) is 5.37.